The second kappa shape index (κ2) is 4.60. The van der Waals surface area contributed by atoms with Gasteiger partial charge in [0.1, 0.15) is 0 Å². The summed E-state index contributed by atoms with van der Waals surface area (Å²) < 4.78 is 2.23. The third kappa shape index (κ3) is 2.35. The predicted molar refractivity (Wildman–Crippen MR) is 57.3 cm³/mol. The minimum atomic E-state index is 1.09. The average molecular weight is 193 g/mol. The van der Waals surface area contributed by atoms with Crippen LogP contribution >= 0.6 is 0 Å². The lowest BCUT2D eigenvalue weighted by Crippen LogP contribution is -2.32. The fourth-order valence-corrected chi connectivity index (χ4v) is 2.05. The van der Waals surface area contributed by atoms with Crippen LogP contribution in [0.3, 0.4) is 0 Å². The van der Waals surface area contributed by atoms with Gasteiger partial charge in [0.05, 0.1) is 6.33 Å². The Hall–Kier alpha value is -0.830. The molecule has 0 N–H and O–H groups in total. The Kier molecular flexibility index (Phi) is 3.19. The highest BCUT2D eigenvalue weighted by atomic mass is 15.2. The molecule has 1 aromatic rings. The molecule has 2 heterocycles. The average Bonchev–Trinajstić information content (AvgIpc) is 2.63. The zero-order valence-corrected chi connectivity index (χ0v) is 8.95. The molecule has 0 aromatic carbocycles. The first-order chi connectivity index (χ1) is 6.86. The van der Waals surface area contributed by atoms with Crippen molar-refractivity contribution in [1.82, 2.24) is 14.5 Å². The van der Waals surface area contributed by atoms with Gasteiger partial charge >= 0.3 is 0 Å². The number of hydrogen-bond acceptors (Lipinski definition) is 2. The van der Waals surface area contributed by atoms with E-state index >= 15 is 0 Å². The van der Waals surface area contributed by atoms with Gasteiger partial charge in [0, 0.05) is 25.0 Å². The van der Waals surface area contributed by atoms with Crippen LogP contribution in [0.25, 0.3) is 0 Å². The Morgan fingerprint density at radius 3 is 2.64 bits per heavy atom. The summed E-state index contributed by atoms with van der Waals surface area (Å²) in [5.41, 5.74) is 1.27. The van der Waals surface area contributed by atoms with Crippen molar-refractivity contribution < 1.29 is 0 Å². The lowest BCUT2D eigenvalue weighted by molar-refractivity contribution is 0.220. The molecule has 2 rings (SSSR count). The van der Waals surface area contributed by atoms with Crippen LogP contribution in [0.2, 0.25) is 0 Å². The van der Waals surface area contributed by atoms with Gasteiger partial charge in [-0.25, -0.2) is 4.98 Å². The van der Waals surface area contributed by atoms with Crippen molar-refractivity contribution in [2.24, 2.45) is 0 Å². The van der Waals surface area contributed by atoms with Crippen LogP contribution in [-0.2, 0) is 6.54 Å². The molecule has 1 aromatic heterocycles. The molecule has 78 valence electrons. The van der Waals surface area contributed by atoms with Gasteiger partial charge in [0.15, 0.2) is 0 Å². The molecule has 1 aliphatic rings. The number of hydrogen-bond donors (Lipinski definition) is 0. The highest BCUT2D eigenvalue weighted by Gasteiger charge is 2.09. The van der Waals surface area contributed by atoms with Crippen LogP contribution in [0.15, 0.2) is 12.5 Å². The van der Waals surface area contributed by atoms with Crippen molar-refractivity contribution in [3.8, 4) is 0 Å². The SMILES string of the molecule is Cc1cncn1CCN1CCCCC1. The molecular weight excluding hydrogens is 174 g/mol. The Bertz CT molecular complexity index is 274. The molecule has 0 atom stereocenters. The van der Waals surface area contributed by atoms with Crippen LogP contribution in [0.1, 0.15) is 25.0 Å². The first kappa shape index (κ1) is 9.71. The van der Waals surface area contributed by atoms with E-state index in [-0.39, 0.29) is 0 Å². The fraction of sp³-hybridized carbons (Fsp3) is 0.727. The molecule has 0 amide bonds. The third-order valence-electron chi connectivity index (χ3n) is 3.03. The molecule has 3 heteroatoms. The van der Waals surface area contributed by atoms with Crippen LogP contribution in [0.5, 0.6) is 0 Å². The standard InChI is InChI=1S/C11H19N3/c1-11-9-12-10-14(11)8-7-13-5-3-2-4-6-13/h9-10H,2-8H2,1H3. The molecule has 1 aliphatic heterocycles. The first-order valence-electron chi connectivity index (χ1n) is 5.55. The van der Waals surface area contributed by atoms with Crippen molar-refractivity contribution in [2.75, 3.05) is 19.6 Å². The zero-order chi connectivity index (χ0) is 9.80. The van der Waals surface area contributed by atoms with Crippen molar-refractivity contribution in [3.05, 3.63) is 18.2 Å². The highest BCUT2D eigenvalue weighted by molar-refractivity contribution is 4.93. The van der Waals surface area contributed by atoms with Gasteiger partial charge < -0.3 is 9.47 Å². The van der Waals surface area contributed by atoms with E-state index in [0.29, 0.717) is 0 Å². The smallest absolute Gasteiger partial charge is 0.0948 e. The minimum Gasteiger partial charge on any atom is -0.334 e. The van der Waals surface area contributed by atoms with Crippen LogP contribution < -0.4 is 0 Å². The monoisotopic (exact) mass is 193 g/mol. The van der Waals surface area contributed by atoms with Crippen LogP contribution in [0.4, 0.5) is 0 Å². The highest BCUT2D eigenvalue weighted by Crippen LogP contribution is 2.08. The van der Waals surface area contributed by atoms with Gasteiger partial charge in [-0.05, 0) is 32.9 Å². The number of likely N-dealkylation sites (tertiary alicyclic amines) is 1. The summed E-state index contributed by atoms with van der Waals surface area (Å²) >= 11 is 0. The van der Waals surface area contributed by atoms with Crippen molar-refractivity contribution in [3.63, 3.8) is 0 Å². The van der Waals surface area contributed by atoms with E-state index in [0.717, 1.165) is 6.54 Å². The maximum atomic E-state index is 4.13. The van der Waals surface area contributed by atoms with Gasteiger partial charge in [-0.3, -0.25) is 0 Å². The Morgan fingerprint density at radius 2 is 2.00 bits per heavy atom. The Balaban J connectivity index is 1.79. The summed E-state index contributed by atoms with van der Waals surface area (Å²) in [4.78, 5) is 6.69. The first-order valence-corrected chi connectivity index (χ1v) is 5.55. The Labute approximate surface area is 85.7 Å². The lowest BCUT2D eigenvalue weighted by atomic mass is 10.1. The molecular formula is C11H19N3. The quantitative estimate of drug-likeness (QED) is 0.728. The zero-order valence-electron chi connectivity index (χ0n) is 8.95. The molecule has 0 spiro atoms. The third-order valence-corrected chi connectivity index (χ3v) is 3.03. The van der Waals surface area contributed by atoms with Gasteiger partial charge in [-0.2, -0.15) is 0 Å². The largest absolute Gasteiger partial charge is 0.334 e. The van der Waals surface area contributed by atoms with Gasteiger partial charge in [-0.15, -0.1) is 0 Å². The number of piperidine rings is 1. The van der Waals surface area contributed by atoms with E-state index in [4.69, 9.17) is 0 Å². The molecule has 3 nitrogen and oxygen atoms in total. The fourth-order valence-electron chi connectivity index (χ4n) is 2.05. The summed E-state index contributed by atoms with van der Waals surface area (Å²) in [7, 11) is 0. The van der Waals surface area contributed by atoms with Crippen LogP contribution in [-0.4, -0.2) is 34.1 Å². The number of aromatic nitrogens is 2. The maximum Gasteiger partial charge on any atom is 0.0948 e. The van der Waals surface area contributed by atoms with E-state index in [1.807, 2.05) is 12.5 Å². The summed E-state index contributed by atoms with van der Waals surface area (Å²) in [5, 5.41) is 0. The van der Waals surface area contributed by atoms with E-state index < -0.39 is 0 Å². The second-order valence-corrected chi connectivity index (χ2v) is 4.13. The molecule has 1 fully saturated rings. The van der Waals surface area contributed by atoms with Crippen molar-refractivity contribution >= 4 is 0 Å². The van der Waals surface area contributed by atoms with E-state index in [9.17, 15) is 0 Å². The number of rotatable bonds is 3. The number of nitrogens with zero attached hydrogens (tertiary/aromatic N) is 3. The summed E-state index contributed by atoms with van der Waals surface area (Å²) in [6.07, 6.45) is 8.03. The minimum absolute atomic E-state index is 1.09. The van der Waals surface area contributed by atoms with E-state index in [2.05, 4.69) is 21.4 Å². The molecule has 1 saturated heterocycles. The van der Waals surface area contributed by atoms with Crippen LogP contribution in [0, 0.1) is 6.92 Å². The molecule has 0 saturated carbocycles. The lowest BCUT2D eigenvalue weighted by Gasteiger charge is -2.26. The summed E-state index contributed by atoms with van der Waals surface area (Å²) in [6, 6.07) is 0. The normalized spacial score (nSPS) is 18.6. The molecule has 0 unspecified atom stereocenters. The van der Waals surface area contributed by atoms with Gasteiger partial charge in [-0.1, -0.05) is 6.42 Å². The molecule has 0 bridgehead atoms. The van der Waals surface area contributed by atoms with E-state index in [1.54, 1.807) is 0 Å². The van der Waals surface area contributed by atoms with Crippen molar-refractivity contribution in [1.29, 1.82) is 0 Å². The maximum absolute atomic E-state index is 4.13. The van der Waals surface area contributed by atoms with Gasteiger partial charge in [0.2, 0.25) is 0 Å². The topological polar surface area (TPSA) is 21.1 Å². The summed E-state index contributed by atoms with van der Waals surface area (Å²) in [5.74, 6) is 0. The van der Waals surface area contributed by atoms with Gasteiger partial charge in [0.25, 0.3) is 0 Å². The number of imidazole rings is 1. The Morgan fingerprint density at radius 1 is 1.21 bits per heavy atom. The molecule has 0 radical (unpaired) electrons. The second-order valence-electron chi connectivity index (χ2n) is 4.13. The van der Waals surface area contributed by atoms with Crippen molar-refractivity contribution in [2.45, 2.75) is 32.7 Å². The predicted octanol–water partition coefficient (Wildman–Crippen LogP) is 1.68. The molecule has 0 aliphatic carbocycles. The summed E-state index contributed by atoms with van der Waals surface area (Å²) in [6.45, 7) is 6.95. The van der Waals surface area contributed by atoms with E-state index in [1.165, 1.54) is 44.6 Å². The number of aryl methyl sites for hydroxylation is 1. The molecule has 14 heavy (non-hydrogen) atoms.